The van der Waals surface area contributed by atoms with E-state index in [0.717, 1.165) is 43.6 Å². The van der Waals surface area contributed by atoms with Crippen LogP contribution in [-0.4, -0.2) is 26.3 Å². The summed E-state index contributed by atoms with van der Waals surface area (Å²) in [6.45, 7) is 6.15. The second kappa shape index (κ2) is 5.83. The number of ether oxygens (including phenoxy) is 2. The minimum absolute atomic E-state index is 0.574. The Kier molecular flexibility index (Phi) is 3.92. The summed E-state index contributed by atoms with van der Waals surface area (Å²) < 4.78 is 11.5. The molecule has 0 aliphatic carbocycles. The summed E-state index contributed by atoms with van der Waals surface area (Å²) in [6, 6.07) is 6.45. The quantitative estimate of drug-likeness (QED) is 0.888. The fraction of sp³-hybridized carbons (Fsp3) is 0.625. The zero-order chi connectivity index (χ0) is 13.1. The predicted octanol–water partition coefficient (Wildman–Crippen LogP) is 2.95. The van der Waals surface area contributed by atoms with Gasteiger partial charge >= 0.3 is 0 Å². The second-order valence-corrected chi connectivity index (χ2v) is 5.65. The van der Waals surface area contributed by atoms with Crippen LogP contribution in [0.5, 0.6) is 11.5 Å². The predicted molar refractivity (Wildman–Crippen MR) is 76.1 cm³/mol. The van der Waals surface area contributed by atoms with E-state index in [-0.39, 0.29) is 0 Å². The van der Waals surface area contributed by atoms with Crippen LogP contribution in [0.1, 0.15) is 37.7 Å². The van der Waals surface area contributed by atoms with Gasteiger partial charge in [-0.1, -0.05) is 13.0 Å². The molecular weight excluding hydrogens is 238 g/mol. The van der Waals surface area contributed by atoms with Crippen molar-refractivity contribution in [1.29, 1.82) is 0 Å². The van der Waals surface area contributed by atoms with Crippen LogP contribution in [0.15, 0.2) is 18.2 Å². The molecule has 1 aromatic rings. The highest BCUT2D eigenvalue weighted by atomic mass is 16.5. The lowest BCUT2D eigenvalue weighted by Crippen LogP contribution is -2.32. The zero-order valence-electron chi connectivity index (χ0n) is 11.7. The van der Waals surface area contributed by atoms with Gasteiger partial charge in [0.15, 0.2) is 11.5 Å². The van der Waals surface area contributed by atoms with Crippen LogP contribution in [0.2, 0.25) is 0 Å². The van der Waals surface area contributed by atoms with Gasteiger partial charge in [-0.3, -0.25) is 0 Å². The largest absolute Gasteiger partial charge is 0.490 e. The smallest absolute Gasteiger partial charge is 0.161 e. The molecule has 104 valence electrons. The molecule has 0 amide bonds. The van der Waals surface area contributed by atoms with Gasteiger partial charge in [-0.25, -0.2) is 0 Å². The van der Waals surface area contributed by atoms with Crippen molar-refractivity contribution < 1.29 is 9.47 Å². The van der Waals surface area contributed by atoms with Gasteiger partial charge in [-0.2, -0.15) is 0 Å². The molecule has 0 bridgehead atoms. The molecule has 0 saturated carbocycles. The summed E-state index contributed by atoms with van der Waals surface area (Å²) in [5.41, 5.74) is 1.37. The number of benzene rings is 1. The van der Waals surface area contributed by atoms with E-state index in [0.29, 0.717) is 5.92 Å². The highest BCUT2D eigenvalue weighted by molar-refractivity contribution is 5.44. The molecule has 1 N–H and O–H groups in total. The van der Waals surface area contributed by atoms with Crippen LogP contribution in [0.3, 0.4) is 0 Å². The summed E-state index contributed by atoms with van der Waals surface area (Å²) in [5.74, 6) is 3.13. The van der Waals surface area contributed by atoms with E-state index in [9.17, 15) is 0 Å². The van der Waals surface area contributed by atoms with Gasteiger partial charge in [0, 0.05) is 6.42 Å². The first-order valence-corrected chi connectivity index (χ1v) is 7.45. The summed E-state index contributed by atoms with van der Waals surface area (Å²) in [4.78, 5) is 0. The van der Waals surface area contributed by atoms with Crippen LogP contribution in [0.4, 0.5) is 0 Å². The van der Waals surface area contributed by atoms with Crippen molar-refractivity contribution in [1.82, 2.24) is 5.32 Å². The Morgan fingerprint density at radius 2 is 2.00 bits per heavy atom. The van der Waals surface area contributed by atoms with E-state index < -0.39 is 0 Å². The van der Waals surface area contributed by atoms with Crippen LogP contribution in [0.25, 0.3) is 0 Å². The van der Waals surface area contributed by atoms with E-state index in [4.69, 9.17) is 9.47 Å². The van der Waals surface area contributed by atoms with Crippen LogP contribution in [-0.2, 0) is 0 Å². The number of rotatable bonds is 2. The second-order valence-electron chi connectivity index (χ2n) is 5.65. The van der Waals surface area contributed by atoms with E-state index in [2.05, 4.69) is 30.4 Å². The molecule has 0 aromatic heterocycles. The van der Waals surface area contributed by atoms with Gasteiger partial charge < -0.3 is 14.8 Å². The number of hydrogen-bond acceptors (Lipinski definition) is 3. The minimum Gasteiger partial charge on any atom is -0.490 e. The summed E-state index contributed by atoms with van der Waals surface area (Å²) in [5, 5.41) is 3.50. The molecule has 2 heterocycles. The van der Waals surface area contributed by atoms with Crippen LogP contribution >= 0.6 is 0 Å². The molecule has 2 unspecified atom stereocenters. The molecular formula is C16H23NO2. The Labute approximate surface area is 115 Å². The first-order chi connectivity index (χ1) is 9.34. The number of hydrogen-bond donors (Lipinski definition) is 1. The molecule has 1 fully saturated rings. The van der Waals surface area contributed by atoms with Gasteiger partial charge in [-0.05, 0) is 55.5 Å². The third-order valence-electron chi connectivity index (χ3n) is 4.34. The third kappa shape index (κ3) is 2.86. The van der Waals surface area contributed by atoms with Gasteiger partial charge in [0.1, 0.15) is 0 Å². The molecule has 0 spiro atoms. The Morgan fingerprint density at radius 3 is 2.79 bits per heavy atom. The Hall–Kier alpha value is -1.22. The van der Waals surface area contributed by atoms with Crippen LogP contribution < -0.4 is 14.8 Å². The monoisotopic (exact) mass is 261 g/mol. The molecule has 3 heteroatoms. The minimum atomic E-state index is 0.574. The van der Waals surface area contributed by atoms with Crippen molar-refractivity contribution >= 4 is 0 Å². The third-order valence-corrected chi connectivity index (χ3v) is 4.34. The molecule has 2 aliphatic heterocycles. The fourth-order valence-electron chi connectivity index (χ4n) is 3.04. The normalized spacial score (nSPS) is 24.6. The SMILES string of the molecule is CC(c1ccc2c(c1)OCCCO2)C1CCCNC1. The Balaban J connectivity index is 1.78. The lowest BCUT2D eigenvalue weighted by Gasteiger charge is -2.29. The number of piperidine rings is 1. The summed E-state index contributed by atoms with van der Waals surface area (Å²) >= 11 is 0. The average molecular weight is 261 g/mol. The Bertz CT molecular complexity index is 427. The first kappa shape index (κ1) is 12.8. The highest BCUT2D eigenvalue weighted by Crippen LogP contribution is 2.36. The van der Waals surface area contributed by atoms with Gasteiger partial charge in [0.05, 0.1) is 13.2 Å². The summed E-state index contributed by atoms with van der Waals surface area (Å²) in [7, 11) is 0. The molecule has 3 rings (SSSR count). The highest BCUT2D eigenvalue weighted by Gasteiger charge is 2.22. The molecule has 0 radical (unpaired) electrons. The van der Waals surface area contributed by atoms with Gasteiger partial charge in [-0.15, -0.1) is 0 Å². The van der Waals surface area contributed by atoms with Gasteiger partial charge in [0.25, 0.3) is 0 Å². The van der Waals surface area contributed by atoms with Crippen molar-refractivity contribution in [2.45, 2.75) is 32.1 Å². The summed E-state index contributed by atoms with van der Waals surface area (Å²) in [6.07, 6.45) is 3.58. The first-order valence-electron chi connectivity index (χ1n) is 7.45. The average Bonchev–Trinajstić information content (AvgIpc) is 2.72. The maximum absolute atomic E-state index is 5.79. The maximum atomic E-state index is 5.79. The zero-order valence-corrected chi connectivity index (χ0v) is 11.7. The lowest BCUT2D eigenvalue weighted by atomic mass is 9.83. The standard InChI is InChI=1S/C16H23NO2/c1-12(14-4-2-7-17-11-14)13-5-6-15-16(10-13)19-9-3-8-18-15/h5-6,10,12,14,17H,2-4,7-9,11H2,1H3. The van der Waals surface area contributed by atoms with E-state index in [1.54, 1.807) is 0 Å². The van der Waals surface area contributed by atoms with Crippen LogP contribution in [0, 0.1) is 5.92 Å². The van der Waals surface area contributed by atoms with E-state index in [1.807, 2.05) is 0 Å². The molecule has 19 heavy (non-hydrogen) atoms. The number of nitrogens with one attached hydrogen (secondary N) is 1. The van der Waals surface area contributed by atoms with Gasteiger partial charge in [0.2, 0.25) is 0 Å². The van der Waals surface area contributed by atoms with E-state index in [1.165, 1.54) is 24.9 Å². The van der Waals surface area contributed by atoms with Crippen molar-refractivity contribution in [3.8, 4) is 11.5 Å². The molecule has 1 saturated heterocycles. The lowest BCUT2D eigenvalue weighted by molar-refractivity contribution is 0.296. The number of fused-ring (bicyclic) bond motifs is 1. The molecule has 3 nitrogen and oxygen atoms in total. The van der Waals surface area contributed by atoms with Crippen molar-refractivity contribution in [3.63, 3.8) is 0 Å². The molecule has 1 aromatic carbocycles. The topological polar surface area (TPSA) is 30.5 Å². The van der Waals surface area contributed by atoms with Crippen molar-refractivity contribution in [2.24, 2.45) is 5.92 Å². The Morgan fingerprint density at radius 1 is 1.16 bits per heavy atom. The van der Waals surface area contributed by atoms with E-state index >= 15 is 0 Å². The molecule has 2 atom stereocenters. The maximum Gasteiger partial charge on any atom is 0.161 e. The molecule has 2 aliphatic rings. The fourth-order valence-corrected chi connectivity index (χ4v) is 3.04. The van der Waals surface area contributed by atoms with Crippen molar-refractivity contribution in [2.75, 3.05) is 26.3 Å². The van der Waals surface area contributed by atoms with Crippen molar-refractivity contribution in [3.05, 3.63) is 23.8 Å².